The number of rotatable bonds is 3. The van der Waals surface area contributed by atoms with Gasteiger partial charge in [0.2, 0.25) is 0 Å². The maximum atomic E-state index is 4.43. The van der Waals surface area contributed by atoms with Gasteiger partial charge in [0.1, 0.15) is 0 Å². The molecule has 0 saturated carbocycles. The summed E-state index contributed by atoms with van der Waals surface area (Å²) in [5, 5.41) is 14.6. The molecule has 1 saturated heterocycles. The third-order valence-corrected chi connectivity index (χ3v) is 4.15. The third kappa shape index (κ3) is 2.61. The zero-order valence-corrected chi connectivity index (χ0v) is 12.3. The highest BCUT2D eigenvalue weighted by atomic mass is 15.2. The van der Waals surface area contributed by atoms with Gasteiger partial charge in [-0.1, -0.05) is 24.3 Å². The van der Waals surface area contributed by atoms with Gasteiger partial charge in [-0.15, -0.1) is 5.10 Å². The molecule has 0 radical (unpaired) electrons. The Labute approximate surface area is 120 Å². The molecule has 0 aliphatic carbocycles. The number of nitrogens with zero attached hydrogens (tertiary/aromatic N) is 3. The molecule has 2 aromatic rings. The van der Waals surface area contributed by atoms with E-state index in [1.165, 1.54) is 23.6 Å². The summed E-state index contributed by atoms with van der Waals surface area (Å²) < 4.78 is 0. The largest absolute Gasteiger partial charge is 0.357 e. The van der Waals surface area contributed by atoms with Crippen LogP contribution in [-0.2, 0) is 0 Å². The van der Waals surface area contributed by atoms with Crippen LogP contribution in [0.1, 0.15) is 18.5 Å². The Morgan fingerprint density at radius 2 is 2.05 bits per heavy atom. The fourth-order valence-electron chi connectivity index (χ4n) is 3.06. The number of nitrogens with one attached hydrogen (secondary N) is 1. The molecular formula is C16H22N4. The molecule has 1 atom stereocenters. The lowest BCUT2D eigenvalue weighted by Crippen LogP contribution is -2.37. The SMILES string of the molecule is Cc1nnc(N(C)CC2CCCNC2)c2ccccc12. The van der Waals surface area contributed by atoms with Crippen LogP contribution in [0, 0.1) is 12.8 Å². The summed E-state index contributed by atoms with van der Waals surface area (Å²) in [6.07, 6.45) is 2.58. The Hall–Kier alpha value is -1.68. The van der Waals surface area contributed by atoms with E-state index in [0.29, 0.717) is 5.92 Å². The highest BCUT2D eigenvalue weighted by Gasteiger charge is 2.17. The van der Waals surface area contributed by atoms with Crippen LogP contribution in [0.4, 0.5) is 5.82 Å². The maximum absolute atomic E-state index is 4.43. The summed E-state index contributed by atoms with van der Waals surface area (Å²) in [5.74, 6) is 1.70. The molecule has 4 nitrogen and oxygen atoms in total. The van der Waals surface area contributed by atoms with Gasteiger partial charge in [0.15, 0.2) is 5.82 Å². The smallest absolute Gasteiger partial charge is 0.158 e. The monoisotopic (exact) mass is 270 g/mol. The number of aromatic nitrogens is 2. The van der Waals surface area contributed by atoms with Crippen molar-refractivity contribution in [3.63, 3.8) is 0 Å². The van der Waals surface area contributed by atoms with E-state index in [1.807, 2.05) is 6.92 Å². The number of piperidine rings is 1. The van der Waals surface area contributed by atoms with Crippen LogP contribution in [0.3, 0.4) is 0 Å². The molecule has 3 rings (SSSR count). The second-order valence-electron chi connectivity index (χ2n) is 5.75. The topological polar surface area (TPSA) is 41.1 Å². The summed E-state index contributed by atoms with van der Waals surface area (Å²) in [6.45, 7) is 5.33. The minimum atomic E-state index is 0.704. The van der Waals surface area contributed by atoms with E-state index in [2.05, 4.69) is 51.7 Å². The second kappa shape index (κ2) is 5.75. The van der Waals surface area contributed by atoms with Crippen LogP contribution >= 0.6 is 0 Å². The molecule has 1 aromatic carbocycles. The van der Waals surface area contributed by atoms with Crippen molar-refractivity contribution in [2.75, 3.05) is 31.6 Å². The van der Waals surface area contributed by atoms with Crippen LogP contribution in [-0.4, -0.2) is 36.9 Å². The van der Waals surface area contributed by atoms with Gasteiger partial charge in [-0.05, 0) is 38.8 Å². The minimum absolute atomic E-state index is 0.704. The van der Waals surface area contributed by atoms with E-state index in [9.17, 15) is 0 Å². The molecule has 0 amide bonds. The molecule has 1 aliphatic rings. The van der Waals surface area contributed by atoms with Gasteiger partial charge in [0.25, 0.3) is 0 Å². The van der Waals surface area contributed by atoms with Crippen molar-refractivity contribution in [2.45, 2.75) is 19.8 Å². The minimum Gasteiger partial charge on any atom is -0.357 e. The highest BCUT2D eigenvalue weighted by Crippen LogP contribution is 2.25. The Balaban J connectivity index is 1.87. The summed E-state index contributed by atoms with van der Waals surface area (Å²) in [4.78, 5) is 2.26. The van der Waals surface area contributed by atoms with Gasteiger partial charge in [-0.25, -0.2) is 0 Å². The lowest BCUT2D eigenvalue weighted by molar-refractivity contribution is 0.380. The van der Waals surface area contributed by atoms with Crippen molar-refractivity contribution in [1.82, 2.24) is 15.5 Å². The predicted octanol–water partition coefficient (Wildman–Crippen LogP) is 2.37. The van der Waals surface area contributed by atoms with Crippen LogP contribution in [0.5, 0.6) is 0 Å². The lowest BCUT2D eigenvalue weighted by Gasteiger charge is -2.28. The summed E-state index contributed by atoms with van der Waals surface area (Å²) in [7, 11) is 2.13. The molecule has 1 aliphatic heterocycles. The molecule has 1 unspecified atom stereocenters. The number of hydrogen-bond acceptors (Lipinski definition) is 4. The van der Waals surface area contributed by atoms with Crippen LogP contribution in [0.2, 0.25) is 0 Å². The van der Waals surface area contributed by atoms with Gasteiger partial charge in [-0.2, -0.15) is 5.10 Å². The first-order chi connectivity index (χ1) is 9.75. The first-order valence-corrected chi connectivity index (χ1v) is 7.39. The van der Waals surface area contributed by atoms with Crippen molar-refractivity contribution in [2.24, 2.45) is 5.92 Å². The molecule has 0 spiro atoms. The first-order valence-electron chi connectivity index (χ1n) is 7.39. The highest BCUT2D eigenvalue weighted by molar-refractivity contribution is 5.93. The molecule has 2 heterocycles. The quantitative estimate of drug-likeness (QED) is 0.929. The fraction of sp³-hybridized carbons (Fsp3) is 0.500. The van der Waals surface area contributed by atoms with Gasteiger partial charge < -0.3 is 10.2 Å². The van der Waals surface area contributed by atoms with Crippen LogP contribution in [0.25, 0.3) is 10.8 Å². The number of fused-ring (bicyclic) bond motifs is 1. The lowest BCUT2D eigenvalue weighted by atomic mass is 9.99. The molecule has 106 valence electrons. The van der Waals surface area contributed by atoms with E-state index in [4.69, 9.17) is 0 Å². The third-order valence-electron chi connectivity index (χ3n) is 4.15. The molecule has 4 heteroatoms. The number of aryl methyl sites for hydroxylation is 1. The van der Waals surface area contributed by atoms with E-state index in [0.717, 1.165) is 31.1 Å². The summed E-state index contributed by atoms with van der Waals surface area (Å²) in [5.41, 5.74) is 0.997. The van der Waals surface area contributed by atoms with Crippen molar-refractivity contribution in [3.05, 3.63) is 30.0 Å². The average molecular weight is 270 g/mol. The molecule has 0 bridgehead atoms. The first kappa shape index (κ1) is 13.3. The molecular weight excluding hydrogens is 248 g/mol. The van der Waals surface area contributed by atoms with E-state index >= 15 is 0 Å². The Morgan fingerprint density at radius 1 is 1.25 bits per heavy atom. The van der Waals surface area contributed by atoms with Gasteiger partial charge in [0, 0.05) is 24.4 Å². The zero-order valence-electron chi connectivity index (χ0n) is 12.3. The zero-order chi connectivity index (χ0) is 13.9. The van der Waals surface area contributed by atoms with Gasteiger partial charge >= 0.3 is 0 Å². The summed E-state index contributed by atoms with van der Waals surface area (Å²) in [6, 6.07) is 8.40. The van der Waals surface area contributed by atoms with E-state index in [-0.39, 0.29) is 0 Å². The van der Waals surface area contributed by atoms with Gasteiger partial charge in [0.05, 0.1) is 5.69 Å². The standard InChI is InChI=1S/C16H22N4/c1-12-14-7-3-4-8-15(14)16(19-18-12)20(2)11-13-6-5-9-17-10-13/h3-4,7-8,13,17H,5-6,9-11H2,1-2H3. The Kier molecular flexibility index (Phi) is 3.83. The average Bonchev–Trinajstić information content (AvgIpc) is 2.49. The summed E-state index contributed by atoms with van der Waals surface area (Å²) >= 11 is 0. The van der Waals surface area contributed by atoms with Crippen LogP contribution < -0.4 is 10.2 Å². The molecule has 1 aromatic heterocycles. The number of benzene rings is 1. The van der Waals surface area contributed by atoms with Gasteiger partial charge in [-0.3, -0.25) is 0 Å². The van der Waals surface area contributed by atoms with E-state index < -0.39 is 0 Å². The molecule has 1 N–H and O–H groups in total. The molecule has 1 fully saturated rings. The van der Waals surface area contributed by atoms with Crippen molar-refractivity contribution < 1.29 is 0 Å². The normalized spacial score (nSPS) is 19.2. The fourth-order valence-corrected chi connectivity index (χ4v) is 3.06. The van der Waals surface area contributed by atoms with Crippen molar-refractivity contribution in [3.8, 4) is 0 Å². The van der Waals surface area contributed by atoms with Crippen LogP contribution in [0.15, 0.2) is 24.3 Å². The number of anilines is 1. The van der Waals surface area contributed by atoms with Crippen molar-refractivity contribution >= 4 is 16.6 Å². The maximum Gasteiger partial charge on any atom is 0.158 e. The Morgan fingerprint density at radius 3 is 2.80 bits per heavy atom. The predicted molar refractivity (Wildman–Crippen MR) is 83.1 cm³/mol. The Bertz CT molecular complexity index is 590. The van der Waals surface area contributed by atoms with E-state index in [1.54, 1.807) is 0 Å². The molecule has 20 heavy (non-hydrogen) atoms. The van der Waals surface area contributed by atoms with Crippen molar-refractivity contribution in [1.29, 1.82) is 0 Å². The second-order valence-corrected chi connectivity index (χ2v) is 5.75. The number of hydrogen-bond donors (Lipinski definition) is 1.